The molecule has 13 rings (SSSR count). The number of rotatable bonds is 10. The normalized spacial score (nSPS) is 12.9. The lowest BCUT2D eigenvalue weighted by atomic mass is 9.67. The van der Waals surface area contributed by atoms with Gasteiger partial charge in [0.05, 0.1) is 5.41 Å². The van der Waals surface area contributed by atoms with Crippen molar-refractivity contribution in [3.63, 3.8) is 0 Å². The molecule has 10 aromatic carbocycles. The Hall–Kier alpha value is -8.60. The Morgan fingerprint density at radius 1 is 0.296 bits per heavy atom. The minimum absolute atomic E-state index is 0.331. The second-order valence-electron chi connectivity index (χ2n) is 19.6. The summed E-state index contributed by atoms with van der Waals surface area (Å²) in [5, 5.41) is 5.07. The zero-order valence-corrected chi connectivity index (χ0v) is 40.5. The molecule has 1 aliphatic rings. The molecule has 0 aliphatic heterocycles. The summed E-state index contributed by atoms with van der Waals surface area (Å²) in [7, 11) is 0. The quantitative estimate of drug-likeness (QED) is 0.136. The predicted octanol–water partition coefficient (Wildman–Crippen LogP) is 18.4. The highest BCUT2D eigenvalue weighted by Gasteiger charge is 2.46. The molecular formula is C67H54N4. The van der Waals surface area contributed by atoms with E-state index >= 15 is 0 Å². The van der Waals surface area contributed by atoms with Crippen LogP contribution in [0.5, 0.6) is 0 Å². The van der Waals surface area contributed by atoms with Gasteiger partial charge in [-0.25, -0.2) is 0 Å². The Bertz CT molecular complexity index is 3670. The van der Waals surface area contributed by atoms with Crippen LogP contribution in [0.3, 0.4) is 0 Å². The van der Waals surface area contributed by atoms with E-state index in [2.05, 4.69) is 289 Å². The molecule has 0 bridgehead atoms. The number of anilines is 6. The molecule has 4 nitrogen and oxygen atoms in total. The van der Waals surface area contributed by atoms with Crippen LogP contribution in [-0.2, 0) is 5.41 Å². The number of hydrogen-bond donors (Lipinski definition) is 0. The Balaban J connectivity index is 0.963. The van der Waals surface area contributed by atoms with Gasteiger partial charge in [-0.3, -0.25) is 0 Å². The van der Waals surface area contributed by atoms with Gasteiger partial charge < -0.3 is 18.9 Å². The zero-order chi connectivity index (χ0) is 47.8. The first-order valence-corrected chi connectivity index (χ1v) is 25.1. The molecule has 71 heavy (non-hydrogen) atoms. The molecule has 4 heteroatoms. The van der Waals surface area contributed by atoms with E-state index in [4.69, 9.17) is 0 Å². The van der Waals surface area contributed by atoms with Crippen LogP contribution in [0.15, 0.2) is 243 Å². The third-order valence-corrected chi connectivity index (χ3v) is 15.0. The van der Waals surface area contributed by atoms with Crippen molar-refractivity contribution in [2.45, 2.75) is 45.2 Å². The largest absolute Gasteiger partial charge is 0.338 e. The van der Waals surface area contributed by atoms with Gasteiger partial charge in [-0.2, -0.15) is 0 Å². The average molecular weight is 915 g/mol. The van der Waals surface area contributed by atoms with Crippen LogP contribution >= 0.6 is 0 Å². The smallest absolute Gasteiger partial charge is 0.0713 e. The molecule has 0 saturated heterocycles. The molecule has 12 aromatic rings. The van der Waals surface area contributed by atoms with Gasteiger partial charge in [-0.1, -0.05) is 146 Å². The fraction of sp³-hybridized carbons (Fsp3) is 0.104. The third-order valence-electron chi connectivity index (χ3n) is 15.0. The molecule has 0 N–H and O–H groups in total. The summed E-state index contributed by atoms with van der Waals surface area (Å²) in [4.78, 5) is 4.80. The molecule has 0 fully saturated rings. The fourth-order valence-electron chi connectivity index (χ4n) is 12.2. The summed E-state index contributed by atoms with van der Waals surface area (Å²) in [6, 6.07) is 90.7. The van der Waals surface area contributed by atoms with E-state index in [0.717, 1.165) is 34.1 Å². The zero-order valence-electron chi connectivity index (χ0n) is 40.5. The van der Waals surface area contributed by atoms with Crippen LogP contribution in [0.4, 0.5) is 34.1 Å². The van der Waals surface area contributed by atoms with Crippen molar-refractivity contribution in [2.24, 2.45) is 0 Å². The number of hydrogen-bond acceptors (Lipinski definition) is 2. The second-order valence-corrected chi connectivity index (χ2v) is 19.6. The Morgan fingerprint density at radius 2 is 0.620 bits per heavy atom. The van der Waals surface area contributed by atoms with E-state index in [1.807, 2.05) is 0 Å². The average Bonchev–Trinajstić information content (AvgIpc) is 4.04. The van der Waals surface area contributed by atoms with Crippen LogP contribution in [0.2, 0.25) is 0 Å². The summed E-state index contributed by atoms with van der Waals surface area (Å²) < 4.78 is 4.93. The molecule has 1 aliphatic carbocycles. The van der Waals surface area contributed by atoms with Gasteiger partial charge in [-0.05, 0) is 158 Å². The van der Waals surface area contributed by atoms with E-state index in [1.165, 1.54) is 77.0 Å². The standard InChI is InChI=1S/C67H54N4/c1-45(2)68-63-29-17-13-25-57(63)59-43-53(39-41-65(59)68)70(49-19-7-5-8-20-49)51-35-31-47(32-36-51)67(61-27-15-11-23-55(61)56-24-12-16-28-62(56)67)48-33-37-52(38-34-48)71(50-21-9-6-10-22-50)54-40-42-66-60(44-54)58-26-14-18-30-64(58)69(66)46(3)4/h5-46H,1-4H3. The van der Waals surface area contributed by atoms with Crippen molar-refractivity contribution in [1.29, 1.82) is 0 Å². The van der Waals surface area contributed by atoms with Gasteiger partial charge in [-0.15, -0.1) is 0 Å². The molecule has 0 spiro atoms. The number of benzene rings is 10. The van der Waals surface area contributed by atoms with Crippen molar-refractivity contribution >= 4 is 77.7 Å². The number of nitrogens with zero attached hydrogens (tertiary/aromatic N) is 4. The Kier molecular flexibility index (Phi) is 10.1. The van der Waals surface area contributed by atoms with E-state index in [9.17, 15) is 0 Å². The SMILES string of the molecule is CC(C)n1c2ccccc2c2cc(N(c3ccccc3)c3ccc(C4(c5ccc(N(c6ccccc6)c6ccc7c(c6)c6ccccc6n7C(C)C)cc5)c5ccccc5-c5ccccc54)cc3)ccc21. The van der Waals surface area contributed by atoms with Crippen molar-refractivity contribution in [2.75, 3.05) is 9.80 Å². The Morgan fingerprint density at radius 3 is 1.03 bits per heavy atom. The van der Waals surface area contributed by atoms with Crippen LogP contribution in [0, 0.1) is 0 Å². The lowest BCUT2D eigenvalue weighted by Crippen LogP contribution is -2.28. The van der Waals surface area contributed by atoms with Gasteiger partial charge in [0.2, 0.25) is 0 Å². The molecule has 0 amide bonds. The number of fused-ring (bicyclic) bond motifs is 9. The maximum absolute atomic E-state index is 2.46. The van der Waals surface area contributed by atoms with E-state index in [0.29, 0.717) is 12.1 Å². The molecule has 0 saturated carbocycles. The first-order chi connectivity index (χ1) is 34.9. The number of aromatic nitrogens is 2. The topological polar surface area (TPSA) is 16.3 Å². The summed E-state index contributed by atoms with van der Waals surface area (Å²) in [5.74, 6) is 0. The molecule has 0 atom stereocenters. The van der Waals surface area contributed by atoms with Gasteiger partial charge in [0.1, 0.15) is 0 Å². The van der Waals surface area contributed by atoms with Crippen molar-refractivity contribution < 1.29 is 0 Å². The Labute approximate surface area is 415 Å². The summed E-state index contributed by atoms with van der Waals surface area (Å²) >= 11 is 0. The maximum atomic E-state index is 2.46. The fourth-order valence-corrected chi connectivity index (χ4v) is 12.2. The molecule has 2 aromatic heterocycles. The number of para-hydroxylation sites is 4. The van der Waals surface area contributed by atoms with Crippen LogP contribution in [0.25, 0.3) is 54.7 Å². The molecule has 0 radical (unpaired) electrons. The van der Waals surface area contributed by atoms with E-state index < -0.39 is 5.41 Å². The highest BCUT2D eigenvalue weighted by molar-refractivity contribution is 6.11. The predicted molar refractivity (Wildman–Crippen MR) is 300 cm³/mol. The first kappa shape index (κ1) is 42.5. The molecule has 0 unspecified atom stereocenters. The van der Waals surface area contributed by atoms with Crippen LogP contribution in [0.1, 0.15) is 62.0 Å². The summed E-state index contributed by atoms with van der Waals surface area (Å²) in [5.41, 5.74) is 18.7. The lowest BCUT2D eigenvalue weighted by molar-refractivity contribution is 0.642. The van der Waals surface area contributed by atoms with Gasteiger partial charge in [0.25, 0.3) is 0 Å². The summed E-state index contributed by atoms with van der Waals surface area (Å²) in [6.07, 6.45) is 0. The van der Waals surface area contributed by atoms with E-state index in [-0.39, 0.29) is 0 Å². The van der Waals surface area contributed by atoms with Crippen molar-refractivity contribution in [3.8, 4) is 11.1 Å². The second kappa shape index (κ2) is 16.8. The first-order valence-electron chi connectivity index (χ1n) is 25.1. The third kappa shape index (κ3) is 6.58. The van der Waals surface area contributed by atoms with Gasteiger partial charge >= 0.3 is 0 Å². The lowest BCUT2D eigenvalue weighted by Gasteiger charge is -2.35. The minimum atomic E-state index is -0.575. The highest BCUT2D eigenvalue weighted by Crippen LogP contribution is 2.57. The van der Waals surface area contributed by atoms with Gasteiger partial charge in [0.15, 0.2) is 0 Å². The molecular weight excluding hydrogens is 861 g/mol. The van der Waals surface area contributed by atoms with Gasteiger partial charge in [0, 0.05) is 89.8 Å². The van der Waals surface area contributed by atoms with Crippen LogP contribution in [-0.4, -0.2) is 9.13 Å². The van der Waals surface area contributed by atoms with Crippen molar-refractivity contribution in [1.82, 2.24) is 9.13 Å². The van der Waals surface area contributed by atoms with Crippen LogP contribution < -0.4 is 9.80 Å². The summed E-state index contributed by atoms with van der Waals surface area (Å²) in [6.45, 7) is 9.09. The molecule has 342 valence electrons. The monoisotopic (exact) mass is 914 g/mol. The van der Waals surface area contributed by atoms with Crippen molar-refractivity contribution in [3.05, 3.63) is 265 Å². The maximum Gasteiger partial charge on any atom is 0.0713 e. The highest BCUT2D eigenvalue weighted by atomic mass is 15.1. The van der Waals surface area contributed by atoms with E-state index in [1.54, 1.807) is 0 Å². The molecule has 2 heterocycles. The minimum Gasteiger partial charge on any atom is -0.338 e.